The van der Waals surface area contributed by atoms with E-state index in [0.717, 1.165) is 9.37 Å². The normalized spacial score (nSPS) is 17.5. The van der Waals surface area contributed by atoms with Gasteiger partial charge >= 0.3 is 6.03 Å². The number of ether oxygens (including phenoxy) is 1. The Morgan fingerprint density at radius 2 is 1.92 bits per heavy atom. The molecule has 1 atom stereocenters. The zero-order valence-corrected chi connectivity index (χ0v) is 15.3. The van der Waals surface area contributed by atoms with Gasteiger partial charge in [0.15, 0.2) is 5.92 Å². The molecule has 4 amide bonds. The molecule has 1 aliphatic rings. The first-order chi connectivity index (χ1) is 12.5. The van der Waals surface area contributed by atoms with Gasteiger partial charge in [0.05, 0.1) is 18.5 Å². The van der Waals surface area contributed by atoms with Crippen LogP contribution in [-0.2, 0) is 9.59 Å². The summed E-state index contributed by atoms with van der Waals surface area (Å²) in [5, 5.41) is 2.18. The van der Waals surface area contributed by atoms with Crippen LogP contribution >= 0.6 is 15.9 Å². The second-order valence-electron chi connectivity index (χ2n) is 5.38. The van der Waals surface area contributed by atoms with Crippen LogP contribution in [0.5, 0.6) is 5.75 Å². The lowest BCUT2D eigenvalue weighted by molar-refractivity contribution is -0.131. The number of hydrogen-bond donors (Lipinski definition) is 1. The third-order valence-corrected chi connectivity index (χ3v) is 4.20. The van der Waals surface area contributed by atoms with Gasteiger partial charge in [0.2, 0.25) is 5.91 Å². The summed E-state index contributed by atoms with van der Waals surface area (Å²) in [4.78, 5) is 42.2. The van der Waals surface area contributed by atoms with Gasteiger partial charge in [0.1, 0.15) is 5.75 Å². The molecule has 0 spiro atoms. The van der Waals surface area contributed by atoms with E-state index >= 15 is 0 Å². The van der Waals surface area contributed by atoms with Crippen LogP contribution in [0.1, 0.15) is 0 Å². The lowest BCUT2D eigenvalue weighted by atomic mass is 10.1. The van der Waals surface area contributed by atoms with E-state index in [1.807, 2.05) is 6.07 Å². The van der Waals surface area contributed by atoms with E-state index in [1.165, 1.54) is 13.3 Å². The highest BCUT2D eigenvalue weighted by atomic mass is 79.9. The van der Waals surface area contributed by atoms with E-state index in [0.29, 0.717) is 11.4 Å². The molecule has 1 N–H and O–H groups in total. The van der Waals surface area contributed by atoms with Crippen LogP contribution in [0, 0.1) is 5.92 Å². The molecule has 0 aliphatic carbocycles. The van der Waals surface area contributed by atoms with Gasteiger partial charge < -0.3 is 4.74 Å². The summed E-state index contributed by atoms with van der Waals surface area (Å²) in [6.07, 6.45) is 1.23. The monoisotopic (exact) mass is 415 g/mol. The number of imide groups is 2. The summed E-state index contributed by atoms with van der Waals surface area (Å²) in [5.41, 5.74) is 0.826. The fraction of sp³-hybridized carbons (Fsp3) is 0.111. The minimum absolute atomic E-state index is 0.255. The number of rotatable bonds is 4. The first-order valence-electron chi connectivity index (χ1n) is 7.63. The van der Waals surface area contributed by atoms with Crippen LogP contribution < -0.4 is 15.0 Å². The fourth-order valence-electron chi connectivity index (χ4n) is 2.48. The Hall–Kier alpha value is -3.00. The summed E-state index contributed by atoms with van der Waals surface area (Å²) in [6, 6.07) is 12.8. The number of barbiturate groups is 1. The molecule has 2 aromatic carbocycles. The van der Waals surface area contributed by atoms with Crippen molar-refractivity contribution in [2.75, 3.05) is 12.0 Å². The Kier molecular flexibility index (Phi) is 5.13. The highest BCUT2D eigenvalue weighted by Crippen LogP contribution is 2.30. The Bertz CT molecular complexity index is 913. The number of anilines is 1. The quantitative estimate of drug-likeness (QED) is 0.613. The number of benzene rings is 2. The lowest BCUT2D eigenvalue weighted by Crippen LogP contribution is -2.58. The molecule has 0 radical (unpaired) electrons. The maximum absolute atomic E-state index is 12.8. The highest BCUT2D eigenvalue weighted by Gasteiger charge is 2.41. The Labute approximate surface area is 157 Å². The number of carbonyl (C=O) groups excluding carboxylic acids is 3. The molecule has 132 valence electrons. The molecule has 0 aromatic heterocycles. The molecular formula is C18H14BrN3O4. The molecule has 1 aliphatic heterocycles. The van der Waals surface area contributed by atoms with Gasteiger partial charge in [-0.15, -0.1) is 0 Å². The second-order valence-corrected chi connectivity index (χ2v) is 6.29. The number of carbonyl (C=O) groups is 3. The molecule has 0 saturated carbocycles. The summed E-state index contributed by atoms with van der Waals surface area (Å²) < 4.78 is 6.02. The average molecular weight is 416 g/mol. The van der Waals surface area contributed by atoms with Crippen molar-refractivity contribution in [2.45, 2.75) is 0 Å². The molecule has 3 rings (SSSR count). The van der Waals surface area contributed by atoms with E-state index in [2.05, 4.69) is 26.2 Å². The fourth-order valence-corrected chi connectivity index (χ4v) is 2.87. The van der Waals surface area contributed by atoms with Gasteiger partial charge in [0.25, 0.3) is 5.91 Å². The number of aliphatic imine (C=N–C) groups is 1. The maximum Gasteiger partial charge on any atom is 0.335 e. The molecule has 1 heterocycles. The first-order valence-corrected chi connectivity index (χ1v) is 8.42. The number of nitrogens with one attached hydrogen (secondary N) is 1. The smallest absolute Gasteiger partial charge is 0.335 e. The average Bonchev–Trinajstić information content (AvgIpc) is 2.61. The minimum Gasteiger partial charge on any atom is -0.495 e. The van der Waals surface area contributed by atoms with Crippen molar-refractivity contribution in [1.29, 1.82) is 0 Å². The number of halogens is 1. The number of para-hydroxylation sites is 2. The van der Waals surface area contributed by atoms with Gasteiger partial charge in [-0.05, 0) is 30.3 Å². The Balaban J connectivity index is 1.93. The second kappa shape index (κ2) is 7.49. The van der Waals surface area contributed by atoms with E-state index in [-0.39, 0.29) is 5.69 Å². The van der Waals surface area contributed by atoms with Crippen molar-refractivity contribution in [3.63, 3.8) is 0 Å². The van der Waals surface area contributed by atoms with Crippen molar-refractivity contribution in [3.05, 3.63) is 53.0 Å². The van der Waals surface area contributed by atoms with E-state index in [1.54, 1.807) is 42.5 Å². The minimum atomic E-state index is -1.23. The van der Waals surface area contributed by atoms with E-state index in [4.69, 9.17) is 4.74 Å². The number of urea groups is 1. The number of methoxy groups -OCH3 is 1. The van der Waals surface area contributed by atoms with E-state index in [9.17, 15) is 14.4 Å². The predicted octanol–water partition coefficient (Wildman–Crippen LogP) is 3.06. The molecule has 2 aromatic rings. The van der Waals surface area contributed by atoms with Crippen LogP contribution in [0.25, 0.3) is 0 Å². The zero-order valence-electron chi connectivity index (χ0n) is 13.7. The topological polar surface area (TPSA) is 88.1 Å². The highest BCUT2D eigenvalue weighted by molar-refractivity contribution is 9.10. The molecule has 26 heavy (non-hydrogen) atoms. The molecule has 8 heteroatoms. The standard InChI is InChI=1S/C18H14BrN3O4/c1-26-15-8-3-2-7-14(15)22-17(24)13(16(23)21-18(22)25)10-20-12-6-4-5-11(19)9-12/h2-10,13H,1H3,(H,21,23,25)/t13-/m1/s1. The van der Waals surface area contributed by atoms with Gasteiger partial charge in [-0.25, -0.2) is 9.69 Å². The van der Waals surface area contributed by atoms with Gasteiger partial charge in [-0.3, -0.25) is 19.9 Å². The van der Waals surface area contributed by atoms with Gasteiger partial charge in [-0.2, -0.15) is 0 Å². The summed E-state index contributed by atoms with van der Waals surface area (Å²) >= 11 is 3.33. The van der Waals surface area contributed by atoms with Gasteiger partial charge in [0, 0.05) is 10.7 Å². The molecular weight excluding hydrogens is 402 g/mol. The maximum atomic E-state index is 12.8. The zero-order chi connectivity index (χ0) is 18.7. The van der Waals surface area contributed by atoms with Crippen molar-refractivity contribution in [1.82, 2.24) is 5.32 Å². The summed E-state index contributed by atoms with van der Waals surface area (Å²) in [5.74, 6) is -2.29. The molecule has 0 unspecified atom stereocenters. The molecule has 0 bridgehead atoms. The Morgan fingerprint density at radius 3 is 2.65 bits per heavy atom. The lowest BCUT2D eigenvalue weighted by Gasteiger charge is -2.29. The van der Waals surface area contributed by atoms with E-state index < -0.39 is 23.8 Å². The number of hydrogen-bond acceptors (Lipinski definition) is 5. The van der Waals surface area contributed by atoms with Crippen LogP contribution in [0.3, 0.4) is 0 Å². The van der Waals surface area contributed by atoms with Crippen LogP contribution in [0.15, 0.2) is 58.0 Å². The summed E-state index contributed by atoms with van der Waals surface area (Å²) in [7, 11) is 1.43. The van der Waals surface area contributed by atoms with Gasteiger partial charge in [-0.1, -0.05) is 34.1 Å². The third kappa shape index (κ3) is 3.50. The van der Waals surface area contributed by atoms with Crippen molar-refractivity contribution in [3.8, 4) is 5.75 Å². The summed E-state index contributed by atoms with van der Waals surface area (Å²) in [6.45, 7) is 0. The Morgan fingerprint density at radius 1 is 1.15 bits per heavy atom. The van der Waals surface area contributed by atoms with Crippen LogP contribution in [-0.4, -0.2) is 31.2 Å². The van der Waals surface area contributed by atoms with Crippen molar-refractivity contribution < 1.29 is 19.1 Å². The SMILES string of the molecule is COc1ccccc1N1C(=O)NC(=O)[C@@H](C=Nc2cccc(Br)c2)C1=O. The first kappa shape index (κ1) is 17.8. The van der Waals surface area contributed by atoms with Crippen LogP contribution in [0.4, 0.5) is 16.2 Å². The molecule has 1 saturated heterocycles. The van der Waals surface area contributed by atoms with Crippen LogP contribution in [0.2, 0.25) is 0 Å². The number of amides is 4. The van der Waals surface area contributed by atoms with Crippen molar-refractivity contribution in [2.24, 2.45) is 10.9 Å². The molecule has 1 fully saturated rings. The predicted molar refractivity (Wildman–Crippen MR) is 99.8 cm³/mol. The number of nitrogens with zero attached hydrogens (tertiary/aromatic N) is 2. The third-order valence-electron chi connectivity index (χ3n) is 3.71. The molecule has 7 nitrogen and oxygen atoms in total. The van der Waals surface area contributed by atoms with Crippen molar-refractivity contribution >= 4 is 51.4 Å². The largest absolute Gasteiger partial charge is 0.495 e.